The van der Waals surface area contributed by atoms with Crippen molar-refractivity contribution in [3.05, 3.63) is 140 Å². The van der Waals surface area contributed by atoms with Gasteiger partial charge in [0.15, 0.2) is 0 Å². The van der Waals surface area contributed by atoms with Crippen molar-refractivity contribution in [2.24, 2.45) is 0 Å². The fraction of sp³-hybridized carbons (Fsp3) is 0.467. The molecule has 5 rings (SSSR count). The summed E-state index contributed by atoms with van der Waals surface area (Å²) >= 11 is 0. The largest absolute Gasteiger partial charge is 0.376 e. The maximum atomic E-state index is 6.79. The van der Waals surface area contributed by atoms with Crippen molar-refractivity contribution >= 4 is 0 Å². The number of nitrogens with one attached hydrogen (secondary N) is 1. The molecule has 1 N–H and O–H groups in total. The van der Waals surface area contributed by atoms with Gasteiger partial charge in [0.1, 0.15) is 0 Å². The van der Waals surface area contributed by atoms with Crippen molar-refractivity contribution in [2.75, 3.05) is 19.8 Å². The van der Waals surface area contributed by atoms with Crippen LogP contribution >= 0.6 is 0 Å². The molecule has 0 spiro atoms. The first-order chi connectivity index (χ1) is 23.1. The zero-order valence-electron chi connectivity index (χ0n) is 31.0. The van der Waals surface area contributed by atoms with Crippen LogP contribution in [0.25, 0.3) is 0 Å². The van der Waals surface area contributed by atoms with E-state index in [1.54, 1.807) is 0 Å². The predicted octanol–water partition coefficient (Wildman–Crippen LogP) is 10.7. The van der Waals surface area contributed by atoms with Crippen molar-refractivity contribution in [1.82, 2.24) is 5.32 Å². The summed E-state index contributed by atoms with van der Waals surface area (Å²) < 4.78 is 13.4. The van der Waals surface area contributed by atoms with Crippen LogP contribution in [0.1, 0.15) is 111 Å². The molecule has 3 nitrogen and oxygen atoms in total. The highest BCUT2D eigenvalue weighted by molar-refractivity contribution is 5.41. The van der Waals surface area contributed by atoms with Gasteiger partial charge < -0.3 is 14.8 Å². The second-order valence-electron chi connectivity index (χ2n) is 14.7. The number of benzene rings is 4. The fourth-order valence-corrected chi connectivity index (χ4v) is 8.50. The van der Waals surface area contributed by atoms with E-state index in [0.717, 1.165) is 19.4 Å². The summed E-state index contributed by atoms with van der Waals surface area (Å²) in [5.74, 6) is 0.487. The summed E-state index contributed by atoms with van der Waals surface area (Å²) in [7, 11) is 0. The fourth-order valence-electron chi connectivity index (χ4n) is 8.50. The minimum Gasteiger partial charge on any atom is -0.376 e. The first-order valence-corrected chi connectivity index (χ1v) is 18.2. The molecule has 0 aliphatic heterocycles. The number of aryl methyl sites for hydroxylation is 8. The molecule has 2 atom stereocenters. The molecule has 4 aromatic rings. The lowest BCUT2D eigenvalue weighted by atomic mass is 9.68. The normalized spacial score (nSPS) is 15.8. The smallest absolute Gasteiger partial charge is 0.0722 e. The molecule has 3 heteroatoms. The van der Waals surface area contributed by atoms with Crippen LogP contribution in [0.4, 0.5) is 0 Å². The second-order valence-corrected chi connectivity index (χ2v) is 14.7. The number of hydrogen-bond donors (Lipinski definition) is 1. The third-order valence-corrected chi connectivity index (χ3v) is 11.3. The molecule has 0 saturated heterocycles. The van der Waals surface area contributed by atoms with Gasteiger partial charge in [0, 0.05) is 23.9 Å². The van der Waals surface area contributed by atoms with Gasteiger partial charge in [-0.2, -0.15) is 0 Å². The third-order valence-electron chi connectivity index (χ3n) is 11.3. The molecule has 0 bridgehead atoms. The van der Waals surface area contributed by atoms with Crippen LogP contribution in [0.5, 0.6) is 0 Å². The van der Waals surface area contributed by atoms with E-state index in [4.69, 9.17) is 9.47 Å². The highest BCUT2D eigenvalue weighted by atomic mass is 16.5. The zero-order valence-corrected chi connectivity index (χ0v) is 31.0. The second kappa shape index (κ2) is 16.4. The lowest BCUT2D eigenvalue weighted by Crippen LogP contribution is -2.54. The van der Waals surface area contributed by atoms with Crippen molar-refractivity contribution < 1.29 is 9.47 Å². The summed E-state index contributed by atoms with van der Waals surface area (Å²) in [6.45, 7) is 21.4. The Morgan fingerprint density at radius 3 is 1.38 bits per heavy atom. The van der Waals surface area contributed by atoms with E-state index in [2.05, 4.69) is 134 Å². The third kappa shape index (κ3) is 8.30. The summed E-state index contributed by atoms with van der Waals surface area (Å²) in [6.07, 6.45) is 6.08. The molecular weight excluding hydrogens is 587 g/mol. The monoisotopic (exact) mass is 645 g/mol. The van der Waals surface area contributed by atoms with Gasteiger partial charge in [-0.3, -0.25) is 0 Å². The van der Waals surface area contributed by atoms with Crippen LogP contribution in [0.15, 0.2) is 72.8 Å². The molecule has 4 aromatic carbocycles. The summed E-state index contributed by atoms with van der Waals surface area (Å²) in [5, 5.41) is 4.32. The van der Waals surface area contributed by atoms with Gasteiger partial charge >= 0.3 is 0 Å². The van der Waals surface area contributed by atoms with Gasteiger partial charge in [0.05, 0.1) is 26.4 Å². The molecular formula is C45H59NO2. The van der Waals surface area contributed by atoms with Gasteiger partial charge in [0.2, 0.25) is 0 Å². The molecule has 2 unspecified atom stereocenters. The van der Waals surface area contributed by atoms with Crippen LogP contribution in [0, 0.1) is 55.4 Å². The van der Waals surface area contributed by atoms with E-state index in [1.807, 2.05) is 0 Å². The first-order valence-electron chi connectivity index (χ1n) is 18.2. The molecule has 1 saturated carbocycles. The Labute approximate surface area is 291 Å². The average Bonchev–Trinajstić information content (AvgIpc) is 3.05. The highest BCUT2D eigenvalue weighted by Crippen LogP contribution is 2.43. The average molecular weight is 646 g/mol. The molecule has 0 radical (unpaired) electrons. The van der Waals surface area contributed by atoms with Crippen LogP contribution < -0.4 is 5.32 Å². The Kier molecular flexibility index (Phi) is 12.3. The summed E-state index contributed by atoms with van der Waals surface area (Å²) in [5.41, 5.74) is 16.1. The topological polar surface area (TPSA) is 30.5 Å². The van der Waals surface area contributed by atoms with Gasteiger partial charge in [-0.1, -0.05) is 92.1 Å². The maximum Gasteiger partial charge on any atom is 0.0722 e. The van der Waals surface area contributed by atoms with Crippen molar-refractivity contribution in [3.63, 3.8) is 0 Å². The van der Waals surface area contributed by atoms with E-state index >= 15 is 0 Å². The molecule has 256 valence electrons. The van der Waals surface area contributed by atoms with Crippen molar-refractivity contribution in [2.45, 2.75) is 118 Å². The Hall–Kier alpha value is -3.24. The van der Waals surface area contributed by atoms with Gasteiger partial charge in [-0.25, -0.2) is 0 Å². The Morgan fingerprint density at radius 2 is 0.917 bits per heavy atom. The molecule has 48 heavy (non-hydrogen) atoms. The molecule has 0 aromatic heterocycles. The molecule has 1 aliphatic carbocycles. The van der Waals surface area contributed by atoms with E-state index in [-0.39, 0.29) is 17.4 Å². The van der Waals surface area contributed by atoms with E-state index in [9.17, 15) is 0 Å². The van der Waals surface area contributed by atoms with Gasteiger partial charge in [-0.05, 0) is 135 Å². The Morgan fingerprint density at radius 1 is 0.521 bits per heavy atom. The maximum absolute atomic E-state index is 6.79. The molecule has 0 amide bonds. The number of rotatable bonds is 14. The van der Waals surface area contributed by atoms with Crippen LogP contribution in [0.3, 0.4) is 0 Å². The molecule has 1 aliphatic rings. The van der Waals surface area contributed by atoms with Gasteiger partial charge in [0.25, 0.3) is 0 Å². The number of ether oxygens (including phenoxy) is 2. The van der Waals surface area contributed by atoms with E-state index < -0.39 is 0 Å². The summed E-state index contributed by atoms with van der Waals surface area (Å²) in [4.78, 5) is 0. The van der Waals surface area contributed by atoms with Crippen molar-refractivity contribution in [1.29, 1.82) is 0 Å². The Bertz CT molecular complexity index is 1580. The number of hydrogen-bond acceptors (Lipinski definition) is 3. The van der Waals surface area contributed by atoms with Crippen LogP contribution in [0.2, 0.25) is 0 Å². The van der Waals surface area contributed by atoms with E-state index in [1.165, 1.54) is 86.0 Å². The SMILES string of the molecule is Cc1cccc(C)c1COCC(CNC1(C(COCc2c(C)cccc2C)c2c(C)cccc2C)CCCCC1)c1c(C)cccc1C. The Balaban J connectivity index is 1.46. The summed E-state index contributed by atoms with van der Waals surface area (Å²) in [6, 6.07) is 26.6. The van der Waals surface area contributed by atoms with Crippen LogP contribution in [-0.4, -0.2) is 25.3 Å². The lowest BCUT2D eigenvalue weighted by molar-refractivity contribution is 0.0566. The van der Waals surface area contributed by atoms with E-state index in [0.29, 0.717) is 26.4 Å². The molecule has 1 fully saturated rings. The zero-order chi connectivity index (χ0) is 34.3. The van der Waals surface area contributed by atoms with Crippen molar-refractivity contribution in [3.8, 4) is 0 Å². The lowest BCUT2D eigenvalue weighted by Gasteiger charge is -2.46. The molecule has 0 heterocycles. The standard InChI is InChI=1S/C45H59NO2/c1-31-16-12-17-32(2)40(31)28-47-27-39(43-35(5)20-14-21-36(43)6)26-46-45(24-10-9-11-25-45)42(44-37(7)22-15-23-38(44)8)30-48-29-41-33(3)18-13-19-34(41)4/h12-23,39,42,46H,9-11,24-30H2,1-8H3. The van der Waals surface area contributed by atoms with Crippen LogP contribution in [-0.2, 0) is 22.7 Å². The minimum absolute atomic E-state index is 0.0582. The highest BCUT2D eigenvalue weighted by Gasteiger charge is 2.42. The first kappa shape index (κ1) is 36.1. The quantitative estimate of drug-likeness (QED) is 0.148. The van der Waals surface area contributed by atoms with Gasteiger partial charge in [-0.15, -0.1) is 0 Å². The predicted molar refractivity (Wildman–Crippen MR) is 202 cm³/mol. The minimum atomic E-state index is -0.0582.